The van der Waals surface area contributed by atoms with E-state index in [-0.39, 0.29) is 38.3 Å². The van der Waals surface area contributed by atoms with Gasteiger partial charge in [-0.3, -0.25) is 19.2 Å². The fraction of sp³-hybridized carbons (Fsp3) is 0.269. The van der Waals surface area contributed by atoms with Crippen molar-refractivity contribution in [2.45, 2.75) is 31.3 Å². The summed E-state index contributed by atoms with van der Waals surface area (Å²) >= 11 is 0. The first-order valence-electron chi connectivity index (χ1n) is 11.4. The molecule has 0 bridgehead atoms. The van der Waals surface area contributed by atoms with E-state index in [1.807, 2.05) is 30.3 Å². The van der Waals surface area contributed by atoms with E-state index in [4.69, 9.17) is 5.73 Å². The van der Waals surface area contributed by atoms with Crippen LogP contribution in [0.5, 0.6) is 0 Å². The van der Waals surface area contributed by atoms with Crippen LogP contribution in [0.2, 0.25) is 0 Å². The van der Waals surface area contributed by atoms with Crippen molar-refractivity contribution < 1.29 is 29.1 Å². The first kappa shape index (κ1) is 26.1. The third-order valence-corrected chi connectivity index (χ3v) is 5.97. The number of aliphatic carboxylic acids is 1. The number of anilines is 1. The predicted molar refractivity (Wildman–Crippen MR) is 132 cm³/mol. The molecule has 1 aliphatic heterocycles. The second-order valence-corrected chi connectivity index (χ2v) is 8.37. The van der Waals surface area contributed by atoms with Crippen LogP contribution in [-0.2, 0) is 25.6 Å². The van der Waals surface area contributed by atoms with E-state index >= 15 is 0 Å². The average molecular weight is 493 g/mol. The summed E-state index contributed by atoms with van der Waals surface area (Å²) < 4.78 is 0. The minimum absolute atomic E-state index is 0.000925. The zero-order valence-electron chi connectivity index (χ0n) is 19.6. The van der Waals surface area contributed by atoms with Crippen molar-refractivity contribution in [1.82, 2.24) is 9.80 Å². The number of amides is 4. The van der Waals surface area contributed by atoms with Crippen molar-refractivity contribution >= 4 is 35.3 Å². The summed E-state index contributed by atoms with van der Waals surface area (Å²) in [5, 5.41) is 12.3. The quantitative estimate of drug-likeness (QED) is 0.427. The number of primary amides is 1. The van der Waals surface area contributed by atoms with Crippen molar-refractivity contribution in [3.05, 3.63) is 78.4 Å². The third kappa shape index (κ3) is 6.35. The van der Waals surface area contributed by atoms with Crippen LogP contribution >= 0.6 is 0 Å². The van der Waals surface area contributed by atoms with Crippen LogP contribution < -0.4 is 11.1 Å². The summed E-state index contributed by atoms with van der Waals surface area (Å²) in [6.45, 7) is 3.50. The molecule has 1 aliphatic rings. The smallest absolute Gasteiger partial charge is 0.326 e. The van der Waals surface area contributed by atoms with Crippen molar-refractivity contribution in [3.8, 4) is 0 Å². The van der Waals surface area contributed by atoms with E-state index in [1.54, 1.807) is 24.3 Å². The molecule has 10 heteroatoms. The van der Waals surface area contributed by atoms with Crippen LogP contribution in [0.3, 0.4) is 0 Å². The maximum Gasteiger partial charge on any atom is 0.326 e. The monoisotopic (exact) mass is 492 g/mol. The Hall–Kier alpha value is -4.47. The van der Waals surface area contributed by atoms with E-state index in [0.29, 0.717) is 11.3 Å². The molecule has 0 spiro atoms. The molecule has 2 aromatic rings. The highest BCUT2D eigenvalue weighted by Crippen LogP contribution is 2.23. The Morgan fingerprint density at radius 1 is 1.08 bits per heavy atom. The van der Waals surface area contributed by atoms with Crippen LogP contribution in [-0.4, -0.2) is 69.7 Å². The van der Waals surface area contributed by atoms with Gasteiger partial charge in [-0.15, -0.1) is 0 Å². The lowest BCUT2D eigenvalue weighted by atomic mass is 9.98. The van der Waals surface area contributed by atoms with Gasteiger partial charge in [-0.05, 0) is 42.3 Å². The first-order chi connectivity index (χ1) is 17.2. The lowest BCUT2D eigenvalue weighted by molar-refractivity contribution is -0.155. The number of nitrogens with one attached hydrogen (secondary N) is 1. The molecule has 4 N–H and O–H groups in total. The molecule has 1 fully saturated rings. The maximum absolute atomic E-state index is 13.6. The van der Waals surface area contributed by atoms with Gasteiger partial charge in [0.2, 0.25) is 17.7 Å². The van der Waals surface area contributed by atoms with Crippen LogP contribution in [0.15, 0.2) is 67.3 Å². The summed E-state index contributed by atoms with van der Waals surface area (Å²) in [6, 6.07) is 13.2. The number of carboxylic acids is 1. The Morgan fingerprint density at radius 2 is 1.75 bits per heavy atom. The van der Waals surface area contributed by atoms with Gasteiger partial charge in [-0.25, -0.2) is 4.79 Å². The highest BCUT2D eigenvalue weighted by atomic mass is 16.4. The molecule has 10 nitrogen and oxygen atoms in total. The molecule has 0 aromatic heterocycles. The second-order valence-electron chi connectivity index (χ2n) is 8.37. The second kappa shape index (κ2) is 11.8. The van der Waals surface area contributed by atoms with E-state index in [1.165, 1.54) is 9.80 Å². The maximum atomic E-state index is 13.6. The van der Waals surface area contributed by atoms with E-state index in [9.17, 15) is 29.1 Å². The molecule has 1 saturated heterocycles. The number of rotatable bonds is 10. The zero-order chi connectivity index (χ0) is 26.2. The summed E-state index contributed by atoms with van der Waals surface area (Å²) in [4.78, 5) is 64.3. The number of carbonyl (C=O) groups excluding carboxylic acids is 4. The van der Waals surface area contributed by atoms with Gasteiger partial charge in [-0.1, -0.05) is 36.9 Å². The van der Waals surface area contributed by atoms with Gasteiger partial charge in [0.1, 0.15) is 12.1 Å². The molecule has 2 atom stereocenters. The number of benzene rings is 2. The molecule has 0 unspecified atom stereocenters. The average Bonchev–Trinajstić information content (AvgIpc) is 2.86. The van der Waals surface area contributed by atoms with Crippen LogP contribution in [0, 0.1) is 0 Å². The Balaban J connectivity index is 1.87. The molecule has 188 valence electrons. The number of carbonyl (C=O) groups is 5. The Kier molecular flexibility index (Phi) is 8.56. The lowest BCUT2D eigenvalue weighted by Gasteiger charge is -2.43. The molecule has 36 heavy (non-hydrogen) atoms. The number of hydrogen-bond donors (Lipinski definition) is 3. The number of carboxylic acid groups (broad SMARTS) is 1. The fourth-order valence-corrected chi connectivity index (χ4v) is 4.14. The topological polar surface area (TPSA) is 150 Å². The fourth-order valence-electron chi connectivity index (χ4n) is 4.14. The molecule has 3 rings (SSSR count). The summed E-state index contributed by atoms with van der Waals surface area (Å²) in [6.07, 6.45) is 1.03. The van der Waals surface area contributed by atoms with E-state index in [2.05, 4.69) is 11.9 Å². The van der Waals surface area contributed by atoms with Gasteiger partial charge >= 0.3 is 5.97 Å². The molecule has 4 amide bonds. The SMILES string of the molecule is C=CC(=O)Nc1ccc(C(=O)N2CCN([C@@H](CCC(N)=O)C(=O)O)C(=O)[C@@H]2Cc2ccccc2)cc1. The number of nitrogens with zero attached hydrogens (tertiary/aromatic N) is 2. The predicted octanol–water partition coefficient (Wildman–Crippen LogP) is 1.43. The normalized spacial score (nSPS) is 16.2. The standard InChI is InChI=1S/C26H28N4O6/c1-2-23(32)28-19-10-8-18(9-11-19)24(33)30-15-14-29(20(26(35)36)12-13-22(27)31)25(34)21(30)16-17-6-4-3-5-7-17/h2-11,20-21H,1,12-16H2,(H2,27,31)(H,28,32)(H,35,36)/t20-,21-/m0/s1. The number of hydrogen-bond acceptors (Lipinski definition) is 5. The van der Waals surface area contributed by atoms with Crippen molar-refractivity contribution in [3.63, 3.8) is 0 Å². The lowest BCUT2D eigenvalue weighted by Crippen LogP contribution is -2.63. The van der Waals surface area contributed by atoms with Crippen LogP contribution in [0.25, 0.3) is 0 Å². The van der Waals surface area contributed by atoms with E-state index < -0.39 is 35.8 Å². The van der Waals surface area contributed by atoms with Gasteiger partial charge in [-0.2, -0.15) is 0 Å². The van der Waals surface area contributed by atoms with Gasteiger partial charge < -0.3 is 26.0 Å². The summed E-state index contributed by atoms with van der Waals surface area (Å²) in [7, 11) is 0. The van der Waals surface area contributed by atoms with Crippen LogP contribution in [0.1, 0.15) is 28.8 Å². The van der Waals surface area contributed by atoms with Gasteiger partial charge in [0, 0.05) is 37.2 Å². The van der Waals surface area contributed by atoms with E-state index in [0.717, 1.165) is 11.6 Å². The van der Waals surface area contributed by atoms with Gasteiger partial charge in [0.15, 0.2) is 0 Å². The highest BCUT2D eigenvalue weighted by Gasteiger charge is 2.42. The number of nitrogens with two attached hydrogens (primary N) is 1. The largest absolute Gasteiger partial charge is 0.480 e. The Labute approximate surface area is 208 Å². The minimum atomic E-state index is -1.24. The molecule has 0 saturated carbocycles. The zero-order valence-corrected chi connectivity index (χ0v) is 19.6. The molecular weight excluding hydrogens is 464 g/mol. The molecule has 1 heterocycles. The van der Waals surface area contributed by atoms with Gasteiger partial charge in [0.05, 0.1) is 0 Å². The minimum Gasteiger partial charge on any atom is -0.480 e. The molecule has 0 aliphatic carbocycles. The Bertz CT molecular complexity index is 1150. The van der Waals surface area contributed by atoms with Crippen LogP contribution in [0.4, 0.5) is 5.69 Å². The van der Waals surface area contributed by atoms with Crippen molar-refractivity contribution in [1.29, 1.82) is 0 Å². The summed E-state index contributed by atoms with van der Waals surface area (Å²) in [5.41, 5.74) is 6.79. The molecule has 2 aromatic carbocycles. The van der Waals surface area contributed by atoms with Crippen molar-refractivity contribution in [2.75, 3.05) is 18.4 Å². The first-order valence-corrected chi connectivity index (χ1v) is 11.4. The third-order valence-electron chi connectivity index (χ3n) is 5.97. The summed E-state index contributed by atoms with van der Waals surface area (Å²) in [5.74, 6) is -3.18. The Morgan fingerprint density at radius 3 is 2.33 bits per heavy atom. The highest BCUT2D eigenvalue weighted by molar-refractivity contribution is 6.01. The van der Waals surface area contributed by atoms with Crippen molar-refractivity contribution in [2.24, 2.45) is 5.73 Å². The molecule has 0 radical (unpaired) electrons. The molecular formula is C26H28N4O6. The van der Waals surface area contributed by atoms with Gasteiger partial charge in [0.25, 0.3) is 5.91 Å². The number of piperazine rings is 1.